The first-order valence-corrected chi connectivity index (χ1v) is 11.9. The number of amides is 1. The lowest BCUT2D eigenvalue weighted by Gasteiger charge is -2.20. The molecule has 2 aromatic carbocycles. The van der Waals surface area contributed by atoms with Crippen LogP contribution in [0.5, 0.6) is 5.75 Å². The fourth-order valence-electron chi connectivity index (χ4n) is 4.06. The molecule has 1 N–H and O–H groups in total. The SMILES string of the molecule is Cc1cc(-c2ncnn2C)c2cccc(OCc3c(Cl)cc(F)cc3[C@H](C)NC(=O)COC(C)F)c2n1. The number of para-hydroxylation sites is 1. The number of pyridine rings is 1. The number of hydrogen-bond acceptors (Lipinski definition) is 6. The van der Waals surface area contributed by atoms with E-state index >= 15 is 0 Å². The number of aromatic nitrogens is 4. The van der Waals surface area contributed by atoms with E-state index < -0.39 is 30.7 Å². The van der Waals surface area contributed by atoms with Crippen LogP contribution in [0, 0.1) is 12.7 Å². The Balaban J connectivity index is 1.64. The first-order chi connectivity index (χ1) is 17.6. The van der Waals surface area contributed by atoms with Gasteiger partial charge in [-0.2, -0.15) is 5.10 Å². The van der Waals surface area contributed by atoms with Gasteiger partial charge in [-0.25, -0.2) is 23.4 Å². The maximum atomic E-state index is 14.3. The Hall–Kier alpha value is -3.63. The number of hydrogen-bond donors (Lipinski definition) is 1. The lowest BCUT2D eigenvalue weighted by atomic mass is 10.0. The van der Waals surface area contributed by atoms with Crippen molar-refractivity contribution in [3.63, 3.8) is 0 Å². The minimum Gasteiger partial charge on any atom is -0.487 e. The molecule has 0 saturated carbocycles. The summed E-state index contributed by atoms with van der Waals surface area (Å²) in [4.78, 5) is 21.2. The predicted molar refractivity (Wildman–Crippen MR) is 135 cm³/mol. The summed E-state index contributed by atoms with van der Waals surface area (Å²) >= 11 is 6.40. The molecule has 11 heteroatoms. The maximum absolute atomic E-state index is 14.3. The van der Waals surface area contributed by atoms with Crippen molar-refractivity contribution in [2.45, 2.75) is 39.8 Å². The van der Waals surface area contributed by atoms with Gasteiger partial charge in [0.25, 0.3) is 0 Å². The molecule has 0 fully saturated rings. The Morgan fingerprint density at radius 1 is 1.24 bits per heavy atom. The van der Waals surface area contributed by atoms with Gasteiger partial charge in [0, 0.05) is 29.3 Å². The molecule has 0 aliphatic heterocycles. The number of nitrogens with zero attached hydrogens (tertiary/aromatic N) is 4. The number of ether oxygens (including phenoxy) is 2. The Morgan fingerprint density at radius 2 is 2.03 bits per heavy atom. The van der Waals surface area contributed by atoms with Crippen molar-refractivity contribution in [2.24, 2.45) is 7.05 Å². The van der Waals surface area contributed by atoms with Crippen molar-refractivity contribution < 1.29 is 23.0 Å². The third-order valence-electron chi connectivity index (χ3n) is 5.74. The molecule has 4 rings (SSSR count). The van der Waals surface area contributed by atoms with E-state index in [1.165, 1.54) is 25.4 Å². The van der Waals surface area contributed by atoms with Crippen LogP contribution in [0.15, 0.2) is 42.7 Å². The fraction of sp³-hybridized carbons (Fsp3) is 0.308. The average Bonchev–Trinajstić information content (AvgIpc) is 3.27. The zero-order valence-electron chi connectivity index (χ0n) is 20.8. The van der Waals surface area contributed by atoms with E-state index in [0.29, 0.717) is 28.2 Å². The summed E-state index contributed by atoms with van der Waals surface area (Å²) in [6, 6.07) is 9.31. The van der Waals surface area contributed by atoms with E-state index in [0.717, 1.165) is 16.6 Å². The van der Waals surface area contributed by atoms with Crippen LogP contribution in [0.1, 0.15) is 36.7 Å². The predicted octanol–water partition coefficient (Wildman–Crippen LogP) is 5.22. The van der Waals surface area contributed by atoms with Crippen LogP contribution in [0.25, 0.3) is 22.3 Å². The normalized spacial score (nSPS) is 12.9. The molecule has 2 atom stereocenters. The molecule has 0 bridgehead atoms. The summed E-state index contributed by atoms with van der Waals surface area (Å²) in [5, 5.41) is 7.81. The van der Waals surface area contributed by atoms with Crippen molar-refractivity contribution in [3.05, 3.63) is 70.4 Å². The quantitative estimate of drug-likeness (QED) is 0.320. The van der Waals surface area contributed by atoms with E-state index in [4.69, 9.17) is 21.1 Å². The summed E-state index contributed by atoms with van der Waals surface area (Å²) in [5.41, 5.74) is 3.17. The van der Waals surface area contributed by atoms with E-state index in [-0.39, 0.29) is 11.6 Å². The van der Waals surface area contributed by atoms with Crippen LogP contribution in [0.3, 0.4) is 0 Å². The minimum atomic E-state index is -1.58. The zero-order valence-corrected chi connectivity index (χ0v) is 21.5. The van der Waals surface area contributed by atoms with Crippen LogP contribution in [-0.2, 0) is 23.2 Å². The fourth-order valence-corrected chi connectivity index (χ4v) is 4.32. The largest absolute Gasteiger partial charge is 0.487 e. The lowest BCUT2D eigenvalue weighted by Crippen LogP contribution is -2.31. The lowest BCUT2D eigenvalue weighted by molar-refractivity contribution is -0.132. The number of carbonyl (C=O) groups excluding carboxylic acids is 1. The molecule has 8 nitrogen and oxygen atoms in total. The monoisotopic (exact) mass is 529 g/mol. The van der Waals surface area contributed by atoms with Gasteiger partial charge >= 0.3 is 0 Å². The molecule has 37 heavy (non-hydrogen) atoms. The average molecular weight is 530 g/mol. The summed E-state index contributed by atoms with van der Waals surface area (Å²) < 4.78 is 39.7. The summed E-state index contributed by atoms with van der Waals surface area (Å²) in [6.45, 7) is 4.24. The highest BCUT2D eigenvalue weighted by Crippen LogP contribution is 2.34. The van der Waals surface area contributed by atoms with Gasteiger partial charge in [-0.05, 0) is 50.6 Å². The molecule has 0 spiro atoms. The third kappa shape index (κ3) is 6.03. The van der Waals surface area contributed by atoms with Crippen molar-refractivity contribution in [1.29, 1.82) is 0 Å². The van der Waals surface area contributed by atoms with Crippen LogP contribution in [0.2, 0.25) is 5.02 Å². The standard InChI is InChI=1S/C26H26ClF2N5O3/c1-14-8-20(26-30-13-31-34(26)4)18-6-5-7-23(25(18)32-14)37-11-21-19(9-17(29)10-22(21)27)15(2)33-24(35)12-36-16(3)28/h5-10,13,15-16H,11-12H2,1-4H3,(H,33,35)/t15-,16?/m0/s1. The van der Waals surface area contributed by atoms with Crippen molar-refractivity contribution in [1.82, 2.24) is 25.1 Å². The molecule has 2 aromatic heterocycles. The highest BCUT2D eigenvalue weighted by atomic mass is 35.5. The van der Waals surface area contributed by atoms with Gasteiger partial charge in [0.15, 0.2) is 12.2 Å². The first kappa shape index (κ1) is 26.4. The second-order valence-electron chi connectivity index (χ2n) is 8.56. The molecule has 0 aliphatic rings. The Morgan fingerprint density at radius 3 is 2.73 bits per heavy atom. The van der Waals surface area contributed by atoms with E-state index in [1.807, 2.05) is 32.2 Å². The van der Waals surface area contributed by atoms with Gasteiger partial charge in [0.1, 0.15) is 36.6 Å². The molecule has 0 saturated heterocycles. The maximum Gasteiger partial charge on any atom is 0.246 e. The van der Waals surface area contributed by atoms with E-state index in [2.05, 4.69) is 20.4 Å². The van der Waals surface area contributed by atoms with Crippen molar-refractivity contribution in [3.8, 4) is 17.1 Å². The molecular formula is C26H26ClF2N5O3. The second kappa shape index (κ2) is 11.2. The van der Waals surface area contributed by atoms with Crippen LogP contribution < -0.4 is 10.1 Å². The Kier molecular flexibility index (Phi) is 7.99. The van der Waals surface area contributed by atoms with Gasteiger partial charge in [0.2, 0.25) is 5.91 Å². The topological polar surface area (TPSA) is 91.2 Å². The number of halogens is 3. The summed E-state index contributed by atoms with van der Waals surface area (Å²) in [5.74, 6) is 0.0775. The molecule has 1 unspecified atom stereocenters. The zero-order chi connectivity index (χ0) is 26.7. The number of aryl methyl sites for hydroxylation is 2. The van der Waals surface area contributed by atoms with Gasteiger partial charge in [-0.15, -0.1) is 0 Å². The molecule has 0 aliphatic carbocycles. The number of rotatable bonds is 9. The van der Waals surface area contributed by atoms with Crippen LogP contribution in [0.4, 0.5) is 8.78 Å². The number of fused-ring (bicyclic) bond motifs is 1. The highest BCUT2D eigenvalue weighted by Gasteiger charge is 2.20. The second-order valence-corrected chi connectivity index (χ2v) is 8.97. The molecule has 2 heterocycles. The number of carbonyl (C=O) groups is 1. The smallest absolute Gasteiger partial charge is 0.246 e. The number of alkyl halides is 1. The van der Waals surface area contributed by atoms with Gasteiger partial charge in [0.05, 0.1) is 11.1 Å². The van der Waals surface area contributed by atoms with Gasteiger partial charge in [-0.1, -0.05) is 23.7 Å². The van der Waals surface area contributed by atoms with Gasteiger partial charge in [-0.3, -0.25) is 4.79 Å². The number of benzene rings is 2. The Bertz CT molecular complexity index is 1440. The minimum absolute atomic E-state index is 0.0132. The first-order valence-electron chi connectivity index (χ1n) is 11.5. The molecule has 194 valence electrons. The van der Waals surface area contributed by atoms with Crippen molar-refractivity contribution in [2.75, 3.05) is 6.61 Å². The molecule has 0 radical (unpaired) electrons. The van der Waals surface area contributed by atoms with Gasteiger partial charge < -0.3 is 14.8 Å². The molecule has 1 amide bonds. The van der Waals surface area contributed by atoms with Crippen LogP contribution in [-0.4, -0.2) is 38.6 Å². The van der Waals surface area contributed by atoms with Crippen LogP contribution >= 0.6 is 11.6 Å². The highest BCUT2D eigenvalue weighted by molar-refractivity contribution is 6.31. The van der Waals surface area contributed by atoms with Crippen molar-refractivity contribution >= 4 is 28.4 Å². The third-order valence-corrected chi connectivity index (χ3v) is 6.07. The molecule has 4 aromatic rings. The van der Waals surface area contributed by atoms with E-state index in [9.17, 15) is 13.6 Å². The molecular weight excluding hydrogens is 504 g/mol. The number of nitrogens with one attached hydrogen (secondary N) is 1. The Labute approximate surface area is 217 Å². The van der Waals surface area contributed by atoms with E-state index in [1.54, 1.807) is 17.7 Å². The summed E-state index contributed by atoms with van der Waals surface area (Å²) in [7, 11) is 1.81. The summed E-state index contributed by atoms with van der Waals surface area (Å²) in [6.07, 6.45) is -0.0969.